The molecule has 0 amide bonds. The second-order valence-electron chi connectivity index (χ2n) is 7.29. The molecule has 0 aliphatic carbocycles. The normalized spacial score (nSPS) is 15.6. The molecule has 11 heteroatoms. The maximum absolute atomic E-state index is 14.4. The third-order valence-electron chi connectivity index (χ3n) is 5.19. The third-order valence-corrected chi connectivity index (χ3v) is 6.50. The van der Waals surface area contributed by atoms with Gasteiger partial charge in [0.15, 0.2) is 4.80 Å². The Morgan fingerprint density at radius 1 is 1.35 bits per heavy atom. The zero-order valence-electron chi connectivity index (χ0n) is 18.0. The number of rotatable bonds is 5. The number of ether oxygens (including phenoxy) is 1. The van der Waals surface area contributed by atoms with Gasteiger partial charge in [-0.2, -0.15) is 0 Å². The molecule has 0 radical (unpaired) electrons. The zero-order valence-corrected chi connectivity index (χ0v) is 19.5. The summed E-state index contributed by atoms with van der Waals surface area (Å²) in [6.07, 6.45) is 1.33. The highest BCUT2D eigenvalue weighted by atomic mass is 35.5. The first-order valence-corrected chi connectivity index (χ1v) is 11.3. The number of esters is 1. The van der Waals surface area contributed by atoms with Crippen LogP contribution in [-0.4, -0.2) is 22.1 Å². The Bertz CT molecular complexity index is 1520. The van der Waals surface area contributed by atoms with Crippen molar-refractivity contribution in [2.45, 2.75) is 19.9 Å². The van der Waals surface area contributed by atoms with E-state index in [-0.39, 0.29) is 37.8 Å². The third kappa shape index (κ3) is 4.17. The summed E-state index contributed by atoms with van der Waals surface area (Å²) in [4.78, 5) is 41.8. The SMILES string of the molecule is CCOC(=O)C1=C(C)N=c2sc(=Cc3c(F)cccc3Cl)c(=O)n2C1c1cccc([N+](=O)[O-])c1. The molecule has 174 valence electrons. The van der Waals surface area contributed by atoms with E-state index >= 15 is 0 Å². The van der Waals surface area contributed by atoms with Crippen LogP contribution in [0.15, 0.2) is 63.5 Å². The van der Waals surface area contributed by atoms with Gasteiger partial charge in [0.2, 0.25) is 0 Å². The van der Waals surface area contributed by atoms with Crippen molar-refractivity contribution in [1.29, 1.82) is 0 Å². The van der Waals surface area contributed by atoms with Crippen molar-refractivity contribution in [2.75, 3.05) is 6.61 Å². The minimum atomic E-state index is -1.02. The molecule has 2 aromatic carbocycles. The van der Waals surface area contributed by atoms with Crippen LogP contribution < -0.4 is 14.9 Å². The van der Waals surface area contributed by atoms with Gasteiger partial charge in [0, 0.05) is 17.7 Å². The summed E-state index contributed by atoms with van der Waals surface area (Å²) in [5.41, 5.74) is 0.0344. The lowest BCUT2D eigenvalue weighted by Gasteiger charge is -2.24. The lowest BCUT2D eigenvalue weighted by Crippen LogP contribution is -2.40. The number of allylic oxidation sites excluding steroid dienone is 1. The molecule has 2 heterocycles. The van der Waals surface area contributed by atoms with Crippen LogP contribution in [0, 0.1) is 15.9 Å². The van der Waals surface area contributed by atoms with E-state index in [0.717, 1.165) is 11.3 Å². The van der Waals surface area contributed by atoms with Gasteiger partial charge in [-0.25, -0.2) is 14.2 Å². The molecule has 4 rings (SSSR count). The van der Waals surface area contributed by atoms with Crippen LogP contribution in [0.5, 0.6) is 0 Å². The molecule has 1 atom stereocenters. The predicted octanol–water partition coefficient (Wildman–Crippen LogP) is 3.50. The molecular formula is C23H17ClFN3O5S. The number of nitro groups is 1. The smallest absolute Gasteiger partial charge is 0.338 e. The molecule has 1 aliphatic heterocycles. The molecule has 3 aromatic rings. The minimum Gasteiger partial charge on any atom is -0.463 e. The molecule has 1 aromatic heterocycles. The van der Waals surface area contributed by atoms with Crippen molar-refractivity contribution in [3.63, 3.8) is 0 Å². The molecule has 0 fully saturated rings. The number of aromatic nitrogens is 1. The number of benzene rings is 2. The van der Waals surface area contributed by atoms with E-state index in [4.69, 9.17) is 16.3 Å². The fraction of sp³-hybridized carbons (Fsp3) is 0.174. The highest BCUT2D eigenvalue weighted by molar-refractivity contribution is 7.07. The highest BCUT2D eigenvalue weighted by Crippen LogP contribution is 2.32. The van der Waals surface area contributed by atoms with Crippen LogP contribution >= 0.6 is 22.9 Å². The first-order chi connectivity index (χ1) is 16.2. The number of nitro benzene ring substituents is 1. The number of halogens is 2. The lowest BCUT2D eigenvalue weighted by atomic mass is 9.95. The number of thiazole rings is 1. The van der Waals surface area contributed by atoms with Crippen molar-refractivity contribution in [2.24, 2.45) is 4.99 Å². The number of nitrogens with zero attached hydrogens (tertiary/aromatic N) is 3. The Balaban J connectivity index is 2.01. The number of carbonyl (C=O) groups is 1. The minimum absolute atomic E-state index is 0.0441. The topological polar surface area (TPSA) is 104 Å². The van der Waals surface area contributed by atoms with Crippen LogP contribution in [0.3, 0.4) is 0 Å². The van der Waals surface area contributed by atoms with Gasteiger partial charge in [0.05, 0.1) is 38.4 Å². The van der Waals surface area contributed by atoms with Gasteiger partial charge >= 0.3 is 5.97 Å². The first-order valence-electron chi connectivity index (χ1n) is 10.1. The van der Waals surface area contributed by atoms with Crippen molar-refractivity contribution in [3.8, 4) is 0 Å². The summed E-state index contributed by atoms with van der Waals surface area (Å²) in [5, 5.41) is 11.5. The number of carbonyl (C=O) groups excluding carboxylic acids is 1. The molecule has 8 nitrogen and oxygen atoms in total. The van der Waals surface area contributed by atoms with Crippen LogP contribution in [-0.2, 0) is 9.53 Å². The average molecular weight is 502 g/mol. The van der Waals surface area contributed by atoms with E-state index < -0.39 is 28.3 Å². The second kappa shape index (κ2) is 9.32. The molecular weight excluding hydrogens is 485 g/mol. The lowest BCUT2D eigenvalue weighted by molar-refractivity contribution is -0.384. The Kier molecular flexibility index (Phi) is 6.45. The van der Waals surface area contributed by atoms with Gasteiger partial charge in [-0.15, -0.1) is 0 Å². The monoisotopic (exact) mass is 501 g/mol. The molecule has 34 heavy (non-hydrogen) atoms. The van der Waals surface area contributed by atoms with E-state index in [9.17, 15) is 24.1 Å². The Labute approximate surface area is 201 Å². The summed E-state index contributed by atoms with van der Waals surface area (Å²) in [6, 6.07) is 8.83. The molecule has 0 bridgehead atoms. The highest BCUT2D eigenvalue weighted by Gasteiger charge is 2.34. The Morgan fingerprint density at radius 3 is 2.76 bits per heavy atom. The van der Waals surface area contributed by atoms with Gasteiger partial charge in [-0.3, -0.25) is 19.5 Å². The van der Waals surface area contributed by atoms with E-state index in [1.54, 1.807) is 19.9 Å². The van der Waals surface area contributed by atoms with Crippen molar-refractivity contribution < 1.29 is 18.8 Å². The standard InChI is InChI=1S/C23H17ClFN3O5S/c1-3-33-22(30)19-12(2)26-23-27(20(19)13-6-4-7-14(10-13)28(31)32)21(29)18(34-23)11-15-16(24)8-5-9-17(15)25/h4-11,20H,3H2,1-2H3. The quantitative estimate of drug-likeness (QED) is 0.302. The molecule has 1 unspecified atom stereocenters. The fourth-order valence-electron chi connectivity index (χ4n) is 3.70. The summed E-state index contributed by atoms with van der Waals surface area (Å²) in [7, 11) is 0. The fourth-order valence-corrected chi connectivity index (χ4v) is 4.94. The summed E-state index contributed by atoms with van der Waals surface area (Å²) in [6.45, 7) is 3.33. The zero-order chi connectivity index (χ0) is 24.6. The number of hydrogen-bond acceptors (Lipinski definition) is 7. The number of hydrogen-bond donors (Lipinski definition) is 0. The van der Waals surface area contributed by atoms with Crippen molar-refractivity contribution in [3.05, 3.63) is 106 Å². The average Bonchev–Trinajstić information content (AvgIpc) is 3.10. The summed E-state index contributed by atoms with van der Waals surface area (Å²) < 4.78 is 20.9. The van der Waals surface area contributed by atoms with E-state index in [1.807, 2.05) is 0 Å². The van der Waals surface area contributed by atoms with Crippen LogP contribution in [0.1, 0.15) is 31.0 Å². The predicted molar refractivity (Wildman–Crippen MR) is 125 cm³/mol. The van der Waals surface area contributed by atoms with Crippen molar-refractivity contribution in [1.82, 2.24) is 4.57 Å². The van der Waals surface area contributed by atoms with Crippen molar-refractivity contribution >= 4 is 40.7 Å². The summed E-state index contributed by atoms with van der Waals surface area (Å²) in [5.74, 6) is -1.29. The Hall–Kier alpha value is -3.63. The molecule has 0 saturated carbocycles. The Morgan fingerprint density at radius 2 is 2.09 bits per heavy atom. The first kappa shape index (κ1) is 23.5. The molecule has 1 aliphatic rings. The van der Waals surface area contributed by atoms with E-state index in [0.29, 0.717) is 11.3 Å². The largest absolute Gasteiger partial charge is 0.463 e. The number of non-ortho nitro benzene ring substituents is 1. The van der Waals surface area contributed by atoms with Gasteiger partial charge < -0.3 is 4.74 Å². The molecule has 0 saturated heterocycles. The maximum Gasteiger partial charge on any atom is 0.338 e. The van der Waals surface area contributed by atoms with Crippen LogP contribution in [0.2, 0.25) is 5.02 Å². The maximum atomic E-state index is 14.4. The van der Waals surface area contributed by atoms with Crippen LogP contribution in [0.25, 0.3) is 6.08 Å². The second-order valence-corrected chi connectivity index (χ2v) is 8.71. The van der Waals surface area contributed by atoms with Gasteiger partial charge in [-0.1, -0.05) is 41.1 Å². The van der Waals surface area contributed by atoms with E-state index in [2.05, 4.69) is 4.99 Å². The molecule has 0 N–H and O–H groups in total. The van der Waals surface area contributed by atoms with Gasteiger partial charge in [-0.05, 0) is 37.6 Å². The van der Waals surface area contributed by atoms with E-state index in [1.165, 1.54) is 47.0 Å². The van der Waals surface area contributed by atoms with Crippen LogP contribution in [0.4, 0.5) is 10.1 Å². The number of fused-ring (bicyclic) bond motifs is 1. The van der Waals surface area contributed by atoms with Gasteiger partial charge in [0.25, 0.3) is 11.2 Å². The molecule has 0 spiro atoms. The summed E-state index contributed by atoms with van der Waals surface area (Å²) >= 11 is 7.12. The van der Waals surface area contributed by atoms with Gasteiger partial charge in [0.1, 0.15) is 5.82 Å².